The molecule has 2 nitrogen and oxygen atoms in total. The van der Waals surface area contributed by atoms with Crippen molar-refractivity contribution in [2.45, 2.75) is 32.1 Å². The average Bonchev–Trinajstić information content (AvgIpc) is 2.95. The van der Waals surface area contributed by atoms with Crippen LogP contribution in [0, 0.1) is 5.92 Å². The van der Waals surface area contributed by atoms with Crippen LogP contribution in [-0.4, -0.2) is 19.7 Å². The number of fused-ring (bicyclic) bond motifs is 1. The summed E-state index contributed by atoms with van der Waals surface area (Å²) < 4.78 is 5.64. The van der Waals surface area contributed by atoms with E-state index in [0.717, 1.165) is 37.2 Å². The third-order valence-corrected chi connectivity index (χ3v) is 3.93. The van der Waals surface area contributed by atoms with Gasteiger partial charge in [-0.2, -0.15) is 0 Å². The van der Waals surface area contributed by atoms with E-state index in [1.807, 2.05) is 0 Å². The number of hydrogen-bond acceptors (Lipinski definition) is 2. The highest BCUT2D eigenvalue weighted by Gasteiger charge is 2.39. The lowest BCUT2D eigenvalue weighted by atomic mass is 10.00. The van der Waals surface area contributed by atoms with E-state index in [1.165, 1.54) is 24.9 Å². The third-order valence-electron chi connectivity index (χ3n) is 3.93. The van der Waals surface area contributed by atoms with Gasteiger partial charge in [0.05, 0.1) is 6.61 Å². The summed E-state index contributed by atoms with van der Waals surface area (Å²) in [6.07, 6.45) is 3.69. The monoisotopic (exact) mass is 231 g/mol. The molecule has 0 aromatic heterocycles. The molecule has 3 rings (SSSR count). The van der Waals surface area contributed by atoms with Gasteiger partial charge in [-0.1, -0.05) is 19.1 Å². The molecule has 2 aliphatic rings. The Morgan fingerprint density at radius 1 is 1.41 bits per heavy atom. The van der Waals surface area contributed by atoms with Gasteiger partial charge in [-0.15, -0.1) is 0 Å². The van der Waals surface area contributed by atoms with Crippen LogP contribution < -0.4 is 10.1 Å². The second-order valence-corrected chi connectivity index (χ2v) is 5.23. The number of benzene rings is 1. The predicted octanol–water partition coefficient (Wildman–Crippen LogP) is 2.72. The minimum atomic E-state index is 0.788. The lowest BCUT2D eigenvalue weighted by Gasteiger charge is -2.07. The van der Waals surface area contributed by atoms with Crippen molar-refractivity contribution in [1.82, 2.24) is 5.32 Å². The van der Waals surface area contributed by atoms with Gasteiger partial charge in [0.2, 0.25) is 0 Å². The molecule has 2 atom stereocenters. The average molecular weight is 231 g/mol. The van der Waals surface area contributed by atoms with Crippen LogP contribution >= 0.6 is 0 Å². The molecular weight excluding hydrogens is 210 g/mol. The van der Waals surface area contributed by atoms with Crippen LogP contribution in [0.15, 0.2) is 18.2 Å². The Bertz CT molecular complexity index is 402. The van der Waals surface area contributed by atoms with E-state index in [1.54, 1.807) is 5.56 Å². The van der Waals surface area contributed by atoms with E-state index in [0.29, 0.717) is 0 Å². The van der Waals surface area contributed by atoms with Crippen molar-refractivity contribution in [1.29, 1.82) is 0 Å². The van der Waals surface area contributed by atoms with Crippen molar-refractivity contribution in [3.8, 4) is 5.75 Å². The first-order valence-electron chi connectivity index (χ1n) is 6.85. The molecular formula is C15H21NO. The van der Waals surface area contributed by atoms with E-state index < -0.39 is 0 Å². The third kappa shape index (κ3) is 2.19. The Balaban J connectivity index is 1.65. The van der Waals surface area contributed by atoms with Crippen molar-refractivity contribution in [2.24, 2.45) is 5.92 Å². The van der Waals surface area contributed by atoms with Gasteiger partial charge in [0.25, 0.3) is 0 Å². The minimum Gasteiger partial charge on any atom is -0.493 e. The summed E-state index contributed by atoms with van der Waals surface area (Å²) in [6, 6.07) is 6.56. The van der Waals surface area contributed by atoms with E-state index in [4.69, 9.17) is 4.74 Å². The van der Waals surface area contributed by atoms with Gasteiger partial charge in [0, 0.05) is 12.0 Å². The number of nitrogens with one attached hydrogen (secondary N) is 1. The van der Waals surface area contributed by atoms with Gasteiger partial charge >= 0.3 is 0 Å². The highest BCUT2D eigenvalue weighted by atomic mass is 16.5. The van der Waals surface area contributed by atoms with Gasteiger partial charge in [0.1, 0.15) is 5.75 Å². The SMILES string of the molecule is CCCNC[C@@H]1C[C@H]1c1cccc2c1CCO2. The van der Waals surface area contributed by atoms with Gasteiger partial charge in [0.15, 0.2) is 0 Å². The smallest absolute Gasteiger partial charge is 0.122 e. The molecule has 0 bridgehead atoms. The largest absolute Gasteiger partial charge is 0.493 e. The van der Waals surface area contributed by atoms with Crippen LogP contribution in [0.5, 0.6) is 5.75 Å². The molecule has 0 radical (unpaired) electrons. The maximum atomic E-state index is 5.64. The van der Waals surface area contributed by atoms with Crippen LogP contribution in [0.3, 0.4) is 0 Å². The molecule has 2 heteroatoms. The second-order valence-electron chi connectivity index (χ2n) is 5.23. The zero-order valence-corrected chi connectivity index (χ0v) is 10.5. The first kappa shape index (κ1) is 11.1. The molecule has 1 aliphatic carbocycles. The Kier molecular flexibility index (Phi) is 3.06. The van der Waals surface area contributed by atoms with Crippen molar-refractivity contribution >= 4 is 0 Å². The quantitative estimate of drug-likeness (QED) is 0.787. The zero-order valence-electron chi connectivity index (χ0n) is 10.5. The summed E-state index contributed by atoms with van der Waals surface area (Å²) in [4.78, 5) is 0. The summed E-state index contributed by atoms with van der Waals surface area (Å²) in [7, 11) is 0. The predicted molar refractivity (Wildman–Crippen MR) is 69.6 cm³/mol. The van der Waals surface area contributed by atoms with Crippen LogP contribution in [0.4, 0.5) is 0 Å². The van der Waals surface area contributed by atoms with E-state index in [2.05, 4.69) is 30.4 Å². The molecule has 1 aromatic carbocycles. The molecule has 1 aromatic rings. The van der Waals surface area contributed by atoms with Gasteiger partial charge in [-0.3, -0.25) is 0 Å². The first-order chi connectivity index (χ1) is 8.40. The van der Waals surface area contributed by atoms with Gasteiger partial charge < -0.3 is 10.1 Å². The Morgan fingerprint density at radius 2 is 2.35 bits per heavy atom. The Labute approximate surface area is 103 Å². The fraction of sp³-hybridized carbons (Fsp3) is 0.600. The van der Waals surface area contributed by atoms with E-state index in [-0.39, 0.29) is 0 Å². The highest BCUT2D eigenvalue weighted by Crippen LogP contribution is 2.50. The number of ether oxygens (including phenoxy) is 1. The first-order valence-corrected chi connectivity index (χ1v) is 6.85. The fourth-order valence-electron chi connectivity index (χ4n) is 2.91. The molecule has 1 N–H and O–H groups in total. The van der Waals surface area contributed by atoms with Crippen molar-refractivity contribution in [3.63, 3.8) is 0 Å². The van der Waals surface area contributed by atoms with Crippen LogP contribution in [0.25, 0.3) is 0 Å². The molecule has 0 amide bonds. The normalized spacial score (nSPS) is 25.5. The summed E-state index contributed by atoms with van der Waals surface area (Å²) in [6.45, 7) is 5.43. The summed E-state index contributed by atoms with van der Waals surface area (Å²) in [5, 5.41) is 3.53. The number of rotatable bonds is 5. The Hall–Kier alpha value is -1.02. The van der Waals surface area contributed by atoms with Crippen molar-refractivity contribution in [3.05, 3.63) is 29.3 Å². The van der Waals surface area contributed by atoms with Gasteiger partial charge in [-0.25, -0.2) is 0 Å². The molecule has 1 heterocycles. The van der Waals surface area contributed by atoms with Crippen molar-refractivity contribution < 1.29 is 4.74 Å². The molecule has 0 spiro atoms. The highest BCUT2D eigenvalue weighted by molar-refractivity contribution is 5.46. The maximum Gasteiger partial charge on any atom is 0.122 e. The standard InChI is InChI=1S/C15H21NO/c1-2-7-16-10-11-9-14(11)12-4-3-5-15-13(12)6-8-17-15/h3-5,11,14,16H,2,6-10H2,1H3/t11-,14+/m0/s1. The van der Waals surface area contributed by atoms with E-state index >= 15 is 0 Å². The molecule has 92 valence electrons. The fourth-order valence-corrected chi connectivity index (χ4v) is 2.91. The lowest BCUT2D eigenvalue weighted by Crippen LogP contribution is -2.17. The molecule has 0 saturated heterocycles. The minimum absolute atomic E-state index is 0.788. The van der Waals surface area contributed by atoms with Crippen LogP contribution in [0.1, 0.15) is 36.8 Å². The molecule has 17 heavy (non-hydrogen) atoms. The lowest BCUT2D eigenvalue weighted by molar-refractivity contribution is 0.357. The number of hydrogen-bond donors (Lipinski definition) is 1. The molecule has 1 fully saturated rings. The maximum absolute atomic E-state index is 5.64. The van der Waals surface area contributed by atoms with Gasteiger partial charge in [-0.05, 0) is 49.4 Å². The summed E-state index contributed by atoms with van der Waals surface area (Å²) in [5.74, 6) is 2.78. The van der Waals surface area contributed by atoms with Crippen LogP contribution in [0.2, 0.25) is 0 Å². The summed E-state index contributed by atoms with van der Waals surface area (Å²) in [5.41, 5.74) is 3.04. The van der Waals surface area contributed by atoms with Crippen molar-refractivity contribution in [2.75, 3.05) is 19.7 Å². The van der Waals surface area contributed by atoms with E-state index in [9.17, 15) is 0 Å². The second kappa shape index (κ2) is 4.69. The summed E-state index contributed by atoms with van der Waals surface area (Å²) >= 11 is 0. The molecule has 1 aliphatic heterocycles. The molecule has 0 unspecified atom stereocenters. The zero-order chi connectivity index (χ0) is 11.7. The molecule has 1 saturated carbocycles. The van der Waals surface area contributed by atoms with Crippen LogP contribution in [-0.2, 0) is 6.42 Å². The topological polar surface area (TPSA) is 21.3 Å². The Morgan fingerprint density at radius 3 is 3.24 bits per heavy atom.